The number of hydrogen-bond donors (Lipinski definition) is 0. The number of thiophene rings is 1. The predicted octanol–water partition coefficient (Wildman–Crippen LogP) is 4.09. The third-order valence-corrected chi connectivity index (χ3v) is 4.87. The second-order valence-electron chi connectivity index (χ2n) is 5.06. The third kappa shape index (κ3) is 3.92. The van der Waals surface area contributed by atoms with Gasteiger partial charge in [-0.25, -0.2) is 0 Å². The summed E-state index contributed by atoms with van der Waals surface area (Å²) in [5.74, 6) is 0.816. The maximum atomic E-state index is 11.9. The van der Waals surface area contributed by atoms with Crippen LogP contribution < -0.4 is 0 Å². The van der Waals surface area contributed by atoms with E-state index in [0.29, 0.717) is 5.92 Å². The molecule has 100 valence electrons. The van der Waals surface area contributed by atoms with Gasteiger partial charge in [-0.2, -0.15) is 0 Å². The Kier molecular flexibility index (Phi) is 5.39. The van der Waals surface area contributed by atoms with Crippen molar-refractivity contribution in [1.29, 1.82) is 0 Å². The van der Waals surface area contributed by atoms with Crippen LogP contribution in [0, 0.1) is 5.92 Å². The number of carbonyl (C=O) groups excluding carboxylic acids is 1. The lowest BCUT2D eigenvalue weighted by Crippen LogP contribution is -2.16. The highest BCUT2D eigenvalue weighted by Gasteiger charge is 2.15. The van der Waals surface area contributed by atoms with Crippen molar-refractivity contribution in [2.24, 2.45) is 5.92 Å². The largest absolute Gasteiger partial charge is 0.373 e. The van der Waals surface area contributed by atoms with Crippen molar-refractivity contribution in [2.45, 2.75) is 45.4 Å². The number of aryl methyl sites for hydroxylation is 1. The topological polar surface area (TPSA) is 26.3 Å². The van der Waals surface area contributed by atoms with Crippen molar-refractivity contribution in [3.8, 4) is 0 Å². The highest BCUT2D eigenvalue weighted by molar-refractivity contribution is 7.14. The average Bonchev–Trinajstić information content (AvgIpc) is 2.89. The Hall–Kier alpha value is -0.670. The van der Waals surface area contributed by atoms with E-state index in [4.69, 9.17) is 4.74 Å². The lowest BCUT2D eigenvalue weighted by molar-refractivity contribution is 0.0632. The van der Waals surface area contributed by atoms with Crippen LogP contribution in [0.5, 0.6) is 0 Å². The van der Waals surface area contributed by atoms with E-state index in [1.807, 2.05) is 12.1 Å². The summed E-state index contributed by atoms with van der Waals surface area (Å²) in [7, 11) is 0. The van der Waals surface area contributed by atoms with Crippen molar-refractivity contribution >= 4 is 17.1 Å². The Morgan fingerprint density at radius 2 is 2.11 bits per heavy atom. The van der Waals surface area contributed by atoms with Gasteiger partial charge in [0.25, 0.3) is 0 Å². The lowest BCUT2D eigenvalue weighted by Gasteiger charge is -2.20. The van der Waals surface area contributed by atoms with E-state index >= 15 is 0 Å². The highest BCUT2D eigenvalue weighted by atomic mass is 32.1. The Bertz CT molecular complexity index is 378. The van der Waals surface area contributed by atoms with Gasteiger partial charge < -0.3 is 4.74 Å². The molecule has 0 N–H and O–H groups in total. The van der Waals surface area contributed by atoms with Gasteiger partial charge in [-0.1, -0.05) is 26.2 Å². The van der Waals surface area contributed by atoms with E-state index in [1.54, 1.807) is 11.3 Å². The van der Waals surface area contributed by atoms with Crippen molar-refractivity contribution in [3.05, 3.63) is 21.9 Å². The number of rotatable bonds is 6. The fourth-order valence-electron chi connectivity index (χ4n) is 2.46. The average molecular weight is 266 g/mol. The molecule has 3 heteroatoms. The van der Waals surface area contributed by atoms with Gasteiger partial charge in [-0.15, -0.1) is 11.3 Å². The maximum Gasteiger partial charge on any atom is 0.198 e. The van der Waals surface area contributed by atoms with E-state index < -0.39 is 0 Å². The summed E-state index contributed by atoms with van der Waals surface area (Å²) in [6, 6.07) is 3.97. The minimum absolute atomic E-state index is 0.135. The van der Waals surface area contributed by atoms with Crippen LogP contribution in [0.2, 0.25) is 0 Å². The first-order chi connectivity index (χ1) is 8.79. The minimum atomic E-state index is 0.135. The van der Waals surface area contributed by atoms with Gasteiger partial charge in [0.15, 0.2) is 5.78 Å². The van der Waals surface area contributed by atoms with Crippen LogP contribution in [-0.2, 0) is 11.2 Å². The number of ether oxygens (including phenoxy) is 1. The molecule has 0 amide bonds. The van der Waals surface area contributed by atoms with E-state index in [0.717, 1.165) is 17.9 Å². The predicted molar refractivity (Wildman–Crippen MR) is 75.4 cm³/mol. The number of Topliss-reactive ketones (excluding diaryl/α,β-unsaturated/α-hetero) is 1. The van der Waals surface area contributed by atoms with Gasteiger partial charge in [0.05, 0.1) is 11.5 Å². The molecule has 1 fully saturated rings. The molecule has 0 bridgehead atoms. The zero-order valence-electron chi connectivity index (χ0n) is 11.1. The van der Waals surface area contributed by atoms with Crippen LogP contribution in [0.15, 0.2) is 12.1 Å². The summed E-state index contributed by atoms with van der Waals surface area (Å²) >= 11 is 1.60. The zero-order chi connectivity index (χ0) is 12.8. The summed E-state index contributed by atoms with van der Waals surface area (Å²) in [5, 5.41) is 0. The molecule has 0 aromatic carbocycles. The highest BCUT2D eigenvalue weighted by Crippen LogP contribution is 2.24. The third-order valence-electron chi connectivity index (χ3n) is 3.60. The molecule has 0 radical (unpaired) electrons. The second kappa shape index (κ2) is 7.05. The number of ketones is 1. The SMILES string of the molecule is CCc1ccc(C(=O)COCC2CCCCC2)s1. The summed E-state index contributed by atoms with van der Waals surface area (Å²) in [6.07, 6.45) is 7.56. The van der Waals surface area contributed by atoms with Crippen LogP contribution in [0.4, 0.5) is 0 Å². The molecule has 2 nitrogen and oxygen atoms in total. The number of hydrogen-bond acceptors (Lipinski definition) is 3. The zero-order valence-corrected chi connectivity index (χ0v) is 11.9. The van der Waals surface area contributed by atoms with Crippen molar-refractivity contribution in [3.63, 3.8) is 0 Å². The normalized spacial score (nSPS) is 16.9. The minimum Gasteiger partial charge on any atom is -0.373 e. The van der Waals surface area contributed by atoms with E-state index in [2.05, 4.69) is 6.92 Å². The second-order valence-corrected chi connectivity index (χ2v) is 6.23. The quantitative estimate of drug-likeness (QED) is 0.725. The van der Waals surface area contributed by atoms with Crippen molar-refractivity contribution in [1.82, 2.24) is 0 Å². The summed E-state index contributed by atoms with van der Waals surface area (Å²) < 4.78 is 5.59. The molecule has 2 rings (SSSR count). The molecule has 0 saturated heterocycles. The fraction of sp³-hybridized carbons (Fsp3) is 0.667. The fourth-order valence-corrected chi connectivity index (χ4v) is 3.33. The van der Waals surface area contributed by atoms with Gasteiger partial charge in [-0.05, 0) is 37.3 Å². The number of carbonyl (C=O) groups is 1. The van der Waals surface area contributed by atoms with E-state index in [9.17, 15) is 4.79 Å². The Labute approximate surface area is 113 Å². The van der Waals surface area contributed by atoms with Gasteiger partial charge in [0.2, 0.25) is 0 Å². The van der Waals surface area contributed by atoms with Crippen LogP contribution in [-0.4, -0.2) is 19.0 Å². The van der Waals surface area contributed by atoms with Gasteiger partial charge >= 0.3 is 0 Å². The molecule has 1 aromatic heterocycles. The Balaban J connectivity index is 1.70. The van der Waals surface area contributed by atoms with Gasteiger partial charge in [0, 0.05) is 4.88 Å². The molecule has 0 unspecified atom stereocenters. The molecular formula is C15H22O2S. The maximum absolute atomic E-state index is 11.9. The first-order valence-corrected chi connectivity index (χ1v) is 7.81. The van der Waals surface area contributed by atoms with Crippen molar-refractivity contribution in [2.75, 3.05) is 13.2 Å². The first-order valence-electron chi connectivity index (χ1n) is 6.99. The Morgan fingerprint density at radius 1 is 1.33 bits per heavy atom. The smallest absolute Gasteiger partial charge is 0.198 e. The van der Waals surface area contributed by atoms with Crippen LogP contribution in [0.1, 0.15) is 53.6 Å². The van der Waals surface area contributed by atoms with E-state index in [-0.39, 0.29) is 12.4 Å². The molecule has 1 saturated carbocycles. The standard InChI is InChI=1S/C15H22O2S/c1-2-13-8-9-15(18-13)14(16)11-17-10-12-6-4-3-5-7-12/h8-9,12H,2-7,10-11H2,1H3. The molecule has 18 heavy (non-hydrogen) atoms. The van der Waals surface area contributed by atoms with Crippen LogP contribution in [0.25, 0.3) is 0 Å². The van der Waals surface area contributed by atoms with Crippen LogP contribution >= 0.6 is 11.3 Å². The molecule has 0 spiro atoms. The molecule has 1 aliphatic rings. The lowest BCUT2D eigenvalue weighted by atomic mass is 9.90. The van der Waals surface area contributed by atoms with Crippen molar-refractivity contribution < 1.29 is 9.53 Å². The molecule has 0 atom stereocenters. The molecule has 1 heterocycles. The van der Waals surface area contributed by atoms with Gasteiger partial charge in [0.1, 0.15) is 6.61 Å². The molecule has 0 aliphatic heterocycles. The molecule has 1 aromatic rings. The Morgan fingerprint density at radius 3 is 2.78 bits per heavy atom. The summed E-state index contributed by atoms with van der Waals surface area (Å²) in [5.41, 5.74) is 0. The summed E-state index contributed by atoms with van der Waals surface area (Å²) in [6.45, 7) is 3.12. The van der Waals surface area contributed by atoms with Crippen LogP contribution in [0.3, 0.4) is 0 Å². The summed E-state index contributed by atoms with van der Waals surface area (Å²) in [4.78, 5) is 14.0. The molecular weight excluding hydrogens is 244 g/mol. The molecule has 1 aliphatic carbocycles. The van der Waals surface area contributed by atoms with E-state index in [1.165, 1.54) is 37.0 Å². The van der Waals surface area contributed by atoms with Gasteiger partial charge in [-0.3, -0.25) is 4.79 Å². The first kappa shape index (κ1) is 13.8. The monoisotopic (exact) mass is 266 g/mol.